The molecule has 4 aromatic rings. The van der Waals surface area contributed by atoms with Crippen LogP contribution in [0.15, 0.2) is 60.9 Å². The number of amides is 2. The van der Waals surface area contributed by atoms with Gasteiger partial charge in [0.25, 0.3) is 5.91 Å². The van der Waals surface area contributed by atoms with E-state index in [9.17, 15) is 19.1 Å². The van der Waals surface area contributed by atoms with Crippen molar-refractivity contribution >= 4 is 17.5 Å². The zero-order valence-corrected chi connectivity index (χ0v) is 20.2. The Hall–Kier alpha value is -4.27. The van der Waals surface area contributed by atoms with Gasteiger partial charge in [0.1, 0.15) is 23.2 Å². The largest absolute Gasteiger partial charge is 0.508 e. The fourth-order valence-corrected chi connectivity index (χ4v) is 5.06. The number of benzene rings is 2. The van der Waals surface area contributed by atoms with Crippen LogP contribution in [-0.4, -0.2) is 37.6 Å². The maximum Gasteiger partial charge on any atom is 0.257 e. The highest BCUT2D eigenvalue weighted by Crippen LogP contribution is 2.38. The third-order valence-electron chi connectivity index (χ3n) is 6.98. The smallest absolute Gasteiger partial charge is 0.257 e. The van der Waals surface area contributed by atoms with Crippen LogP contribution < -0.4 is 11.1 Å². The van der Waals surface area contributed by atoms with Crippen LogP contribution in [0.1, 0.15) is 59.6 Å². The standard InChI is InChI=1S/C28H28FN5O3/c29-20-10-8-18(9-11-20)22-15-31-27-23(16-32-34(27)25(22)19-4-2-1-3-5-19)28(37)33-24(26(30)36)14-17-6-12-21(35)13-7-17/h6-13,15-16,19,24,35H,1-5,14H2,(H2,30,36)(H,33,37)/t24-/m0/s1. The Morgan fingerprint density at radius 2 is 1.76 bits per heavy atom. The number of hydrogen-bond acceptors (Lipinski definition) is 5. The summed E-state index contributed by atoms with van der Waals surface area (Å²) in [4.78, 5) is 29.9. The third kappa shape index (κ3) is 5.16. The number of primary amides is 1. The number of carbonyl (C=O) groups excluding carboxylic acids is 2. The predicted molar refractivity (Wildman–Crippen MR) is 136 cm³/mol. The zero-order valence-electron chi connectivity index (χ0n) is 20.2. The van der Waals surface area contributed by atoms with Crippen molar-refractivity contribution in [1.82, 2.24) is 19.9 Å². The SMILES string of the molecule is NC(=O)[C@H](Cc1ccc(O)cc1)NC(=O)c1cnn2c(C3CCCCC3)c(-c3ccc(F)cc3)cnc12. The number of hydrogen-bond donors (Lipinski definition) is 3. The molecule has 4 N–H and O–H groups in total. The fraction of sp³-hybridized carbons (Fsp3) is 0.286. The molecule has 37 heavy (non-hydrogen) atoms. The zero-order chi connectivity index (χ0) is 25.9. The Balaban J connectivity index is 1.49. The Morgan fingerprint density at radius 3 is 2.43 bits per heavy atom. The topological polar surface area (TPSA) is 123 Å². The van der Waals surface area contributed by atoms with Gasteiger partial charge in [-0.05, 0) is 48.2 Å². The van der Waals surface area contributed by atoms with E-state index in [0.29, 0.717) is 5.65 Å². The molecule has 0 aliphatic heterocycles. The molecule has 1 saturated carbocycles. The van der Waals surface area contributed by atoms with E-state index in [-0.39, 0.29) is 29.5 Å². The van der Waals surface area contributed by atoms with E-state index >= 15 is 0 Å². The van der Waals surface area contributed by atoms with E-state index in [0.717, 1.165) is 48.1 Å². The van der Waals surface area contributed by atoms with Crippen LogP contribution in [0.3, 0.4) is 0 Å². The Labute approximate surface area is 213 Å². The lowest BCUT2D eigenvalue weighted by molar-refractivity contribution is -0.119. The number of nitrogens with zero attached hydrogens (tertiary/aromatic N) is 3. The molecule has 0 unspecified atom stereocenters. The Kier molecular flexibility index (Phi) is 6.85. The molecule has 2 aromatic heterocycles. The second kappa shape index (κ2) is 10.4. The van der Waals surface area contributed by atoms with Crippen molar-refractivity contribution in [2.75, 3.05) is 0 Å². The average Bonchev–Trinajstić information content (AvgIpc) is 3.34. The van der Waals surface area contributed by atoms with Gasteiger partial charge in [0, 0.05) is 24.1 Å². The lowest BCUT2D eigenvalue weighted by Crippen LogP contribution is -2.45. The van der Waals surface area contributed by atoms with E-state index in [1.54, 1.807) is 35.0 Å². The van der Waals surface area contributed by atoms with Gasteiger partial charge in [-0.1, -0.05) is 43.5 Å². The summed E-state index contributed by atoms with van der Waals surface area (Å²) in [5, 5.41) is 16.8. The van der Waals surface area contributed by atoms with Crippen LogP contribution in [0.25, 0.3) is 16.8 Å². The maximum absolute atomic E-state index is 13.6. The normalized spacial score (nSPS) is 14.9. The van der Waals surface area contributed by atoms with Crippen molar-refractivity contribution in [3.63, 3.8) is 0 Å². The summed E-state index contributed by atoms with van der Waals surface area (Å²) in [5.74, 6) is -1.16. The van der Waals surface area contributed by atoms with E-state index < -0.39 is 17.9 Å². The van der Waals surface area contributed by atoms with Crippen molar-refractivity contribution in [3.05, 3.63) is 83.6 Å². The van der Waals surface area contributed by atoms with Gasteiger partial charge >= 0.3 is 0 Å². The molecule has 1 aliphatic rings. The summed E-state index contributed by atoms with van der Waals surface area (Å²) in [6.07, 6.45) is 8.71. The van der Waals surface area contributed by atoms with Crippen LogP contribution in [0.4, 0.5) is 4.39 Å². The Bertz CT molecular complexity index is 1430. The number of aromatic hydroxyl groups is 1. The van der Waals surface area contributed by atoms with E-state index in [2.05, 4.69) is 15.4 Å². The van der Waals surface area contributed by atoms with Crippen molar-refractivity contribution in [3.8, 4) is 16.9 Å². The molecule has 0 saturated heterocycles. The number of rotatable bonds is 7. The van der Waals surface area contributed by atoms with Gasteiger partial charge in [-0.3, -0.25) is 9.59 Å². The first-order valence-corrected chi connectivity index (χ1v) is 12.4. The van der Waals surface area contributed by atoms with Crippen LogP contribution >= 0.6 is 0 Å². The van der Waals surface area contributed by atoms with Gasteiger partial charge in [0.05, 0.1) is 11.9 Å². The predicted octanol–water partition coefficient (Wildman–Crippen LogP) is 4.12. The minimum Gasteiger partial charge on any atom is -0.508 e. The molecule has 1 aliphatic carbocycles. The molecular weight excluding hydrogens is 473 g/mol. The molecule has 5 rings (SSSR count). The summed E-state index contributed by atoms with van der Waals surface area (Å²) < 4.78 is 15.3. The lowest BCUT2D eigenvalue weighted by atomic mass is 9.84. The summed E-state index contributed by atoms with van der Waals surface area (Å²) in [6.45, 7) is 0. The monoisotopic (exact) mass is 501 g/mol. The summed E-state index contributed by atoms with van der Waals surface area (Å²) >= 11 is 0. The van der Waals surface area contributed by atoms with E-state index in [1.165, 1.54) is 36.9 Å². The highest BCUT2D eigenvalue weighted by atomic mass is 19.1. The van der Waals surface area contributed by atoms with Gasteiger partial charge in [0.2, 0.25) is 5.91 Å². The first-order valence-electron chi connectivity index (χ1n) is 12.4. The van der Waals surface area contributed by atoms with Crippen LogP contribution in [0, 0.1) is 5.82 Å². The highest BCUT2D eigenvalue weighted by Gasteiger charge is 2.27. The van der Waals surface area contributed by atoms with Crippen LogP contribution in [0.5, 0.6) is 5.75 Å². The second-order valence-corrected chi connectivity index (χ2v) is 9.49. The average molecular weight is 502 g/mol. The molecular formula is C28H28FN5O3. The van der Waals surface area contributed by atoms with Crippen LogP contribution in [-0.2, 0) is 11.2 Å². The first-order chi connectivity index (χ1) is 17.9. The molecule has 2 aromatic carbocycles. The summed E-state index contributed by atoms with van der Waals surface area (Å²) in [6, 6.07) is 11.7. The summed E-state index contributed by atoms with van der Waals surface area (Å²) in [7, 11) is 0. The number of aromatic nitrogens is 3. The number of carbonyl (C=O) groups is 2. The number of nitrogens with two attached hydrogens (primary N) is 1. The van der Waals surface area contributed by atoms with Crippen molar-refractivity contribution in [2.45, 2.75) is 50.5 Å². The van der Waals surface area contributed by atoms with Crippen molar-refractivity contribution in [2.24, 2.45) is 5.73 Å². The molecule has 0 spiro atoms. The molecule has 1 atom stereocenters. The van der Waals surface area contributed by atoms with Gasteiger partial charge in [-0.15, -0.1) is 0 Å². The number of nitrogens with one attached hydrogen (secondary N) is 1. The van der Waals surface area contributed by atoms with Crippen molar-refractivity contribution in [1.29, 1.82) is 0 Å². The molecule has 8 nitrogen and oxygen atoms in total. The molecule has 0 bridgehead atoms. The number of phenolic OH excluding ortho intramolecular Hbond substituents is 1. The molecule has 1 fully saturated rings. The molecule has 9 heteroatoms. The number of halogens is 1. The molecule has 2 heterocycles. The first kappa shape index (κ1) is 24.4. The molecule has 0 radical (unpaired) electrons. The molecule has 190 valence electrons. The third-order valence-corrected chi connectivity index (χ3v) is 6.98. The fourth-order valence-electron chi connectivity index (χ4n) is 5.06. The molecule has 2 amide bonds. The Morgan fingerprint density at radius 1 is 1.05 bits per heavy atom. The highest BCUT2D eigenvalue weighted by molar-refractivity contribution is 6.02. The van der Waals surface area contributed by atoms with Gasteiger partial charge < -0.3 is 16.2 Å². The van der Waals surface area contributed by atoms with Gasteiger partial charge in [-0.2, -0.15) is 5.10 Å². The van der Waals surface area contributed by atoms with E-state index in [1.807, 2.05) is 0 Å². The van der Waals surface area contributed by atoms with E-state index in [4.69, 9.17) is 5.73 Å². The maximum atomic E-state index is 13.6. The number of fused-ring (bicyclic) bond motifs is 1. The quantitative estimate of drug-likeness (QED) is 0.352. The van der Waals surface area contributed by atoms with Gasteiger partial charge in [0.15, 0.2) is 5.65 Å². The lowest BCUT2D eigenvalue weighted by Gasteiger charge is -2.25. The minimum absolute atomic E-state index is 0.106. The summed E-state index contributed by atoms with van der Waals surface area (Å²) in [5.41, 5.74) is 9.58. The second-order valence-electron chi connectivity index (χ2n) is 9.49. The van der Waals surface area contributed by atoms with Crippen molar-refractivity contribution < 1.29 is 19.1 Å². The van der Waals surface area contributed by atoms with Crippen LogP contribution in [0.2, 0.25) is 0 Å². The number of phenols is 1. The minimum atomic E-state index is -0.955. The van der Waals surface area contributed by atoms with Gasteiger partial charge in [-0.25, -0.2) is 13.9 Å².